The van der Waals surface area contributed by atoms with E-state index in [2.05, 4.69) is 42.8 Å². The number of nitrogens with one attached hydrogen (secondary N) is 1. The summed E-state index contributed by atoms with van der Waals surface area (Å²) in [5, 5.41) is 3.30. The van der Waals surface area contributed by atoms with Crippen molar-refractivity contribution in [2.75, 3.05) is 46.3 Å². The maximum absolute atomic E-state index is 3.30. The number of hydrogen-bond acceptors (Lipinski definition) is 3. The molecule has 1 heterocycles. The van der Waals surface area contributed by atoms with Gasteiger partial charge in [-0.15, -0.1) is 0 Å². The molecular weight excluding hydrogens is 210 g/mol. The van der Waals surface area contributed by atoms with Crippen molar-refractivity contribution in [1.82, 2.24) is 15.1 Å². The average Bonchev–Trinajstić information content (AvgIpc) is 2.28. The Labute approximate surface area is 108 Å². The van der Waals surface area contributed by atoms with Crippen LogP contribution in [0.4, 0.5) is 0 Å². The van der Waals surface area contributed by atoms with Crippen molar-refractivity contribution in [2.45, 2.75) is 40.2 Å². The van der Waals surface area contributed by atoms with Crippen molar-refractivity contribution < 1.29 is 0 Å². The minimum Gasteiger partial charge on any atom is -0.319 e. The van der Waals surface area contributed by atoms with Crippen molar-refractivity contribution >= 4 is 0 Å². The van der Waals surface area contributed by atoms with Crippen molar-refractivity contribution in [3.63, 3.8) is 0 Å². The summed E-state index contributed by atoms with van der Waals surface area (Å²) in [7, 11) is 2.04. The summed E-state index contributed by atoms with van der Waals surface area (Å²) < 4.78 is 0. The summed E-state index contributed by atoms with van der Waals surface area (Å²) >= 11 is 0. The first-order valence-corrected chi connectivity index (χ1v) is 7.09. The smallest absolute Gasteiger partial charge is 0.0113 e. The molecule has 0 aromatic heterocycles. The van der Waals surface area contributed by atoms with Crippen LogP contribution in [0.1, 0.15) is 34.1 Å². The van der Waals surface area contributed by atoms with E-state index in [0.29, 0.717) is 5.41 Å². The van der Waals surface area contributed by atoms with Crippen molar-refractivity contribution in [3.05, 3.63) is 0 Å². The Morgan fingerprint density at radius 3 is 2.24 bits per heavy atom. The van der Waals surface area contributed by atoms with Crippen molar-refractivity contribution in [1.29, 1.82) is 0 Å². The molecule has 0 aromatic carbocycles. The molecule has 0 amide bonds. The molecule has 0 aromatic rings. The van der Waals surface area contributed by atoms with E-state index >= 15 is 0 Å². The molecule has 3 heteroatoms. The van der Waals surface area contributed by atoms with Crippen LogP contribution in [0.15, 0.2) is 0 Å². The standard InChI is InChI=1S/C14H31N3/c1-6-13(2)17-9-7-16(8-10-17)12-14(3,4)11-15-5/h13,15H,6-12H2,1-5H3. The Morgan fingerprint density at radius 2 is 1.76 bits per heavy atom. The third kappa shape index (κ3) is 4.94. The Balaban J connectivity index is 2.32. The molecule has 0 saturated carbocycles. The topological polar surface area (TPSA) is 18.5 Å². The zero-order valence-corrected chi connectivity index (χ0v) is 12.4. The summed E-state index contributed by atoms with van der Waals surface area (Å²) in [4.78, 5) is 5.25. The van der Waals surface area contributed by atoms with Gasteiger partial charge in [0, 0.05) is 45.3 Å². The maximum atomic E-state index is 3.30. The summed E-state index contributed by atoms with van der Waals surface area (Å²) in [5.41, 5.74) is 0.382. The third-order valence-corrected chi connectivity index (χ3v) is 3.93. The van der Waals surface area contributed by atoms with E-state index < -0.39 is 0 Å². The first-order valence-electron chi connectivity index (χ1n) is 7.09. The van der Waals surface area contributed by atoms with Crippen LogP contribution in [0, 0.1) is 5.41 Å². The highest BCUT2D eigenvalue weighted by Crippen LogP contribution is 2.17. The molecule has 0 aliphatic carbocycles. The molecule has 3 nitrogen and oxygen atoms in total. The van der Waals surface area contributed by atoms with Crippen LogP contribution in [0.3, 0.4) is 0 Å². The molecule has 0 radical (unpaired) electrons. The first-order chi connectivity index (χ1) is 7.98. The van der Waals surface area contributed by atoms with Crippen LogP contribution in [-0.4, -0.2) is 62.2 Å². The Morgan fingerprint density at radius 1 is 1.18 bits per heavy atom. The Kier molecular flexibility index (Phi) is 5.90. The fourth-order valence-corrected chi connectivity index (χ4v) is 2.76. The van der Waals surface area contributed by atoms with Gasteiger partial charge < -0.3 is 10.2 Å². The molecule has 1 rings (SSSR count). The van der Waals surface area contributed by atoms with Crippen molar-refractivity contribution in [3.8, 4) is 0 Å². The average molecular weight is 241 g/mol. The lowest BCUT2D eigenvalue weighted by molar-refractivity contribution is 0.0752. The number of nitrogens with zero attached hydrogens (tertiary/aromatic N) is 2. The van der Waals surface area contributed by atoms with E-state index in [0.717, 1.165) is 12.6 Å². The van der Waals surface area contributed by atoms with Gasteiger partial charge in [-0.25, -0.2) is 0 Å². The zero-order chi connectivity index (χ0) is 12.9. The molecule has 1 aliphatic rings. The minimum absolute atomic E-state index is 0.382. The van der Waals surface area contributed by atoms with E-state index in [9.17, 15) is 0 Å². The van der Waals surface area contributed by atoms with Crippen LogP contribution < -0.4 is 5.32 Å². The highest BCUT2D eigenvalue weighted by atomic mass is 15.3. The van der Waals surface area contributed by atoms with Gasteiger partial charge in [0.2, 0.25) is 0 Å². The SMILES string of the molecule is CCC(C)N1CCN(CC(C)(C)CNC)CC1. The predicted molar refractivity (Wildman–Crippen MR) is 75.5 cm³/mol. The highest BCUT2D eigenvalue weighted by Gasteiger charge is 2.25. The fourth-order valence-electron chi connectivity index (χ4n) is 2.76. The van der Waals surface area contributed by atoms with Crippen LogP contribution in [0.5, 0.6) is 0 Å². The van der Waals surface area contributed by atoms with Gasteiger partial charge in [0.25, 0.3) is 0 Å². The monoisotopic (exact) mass is 241 g/mol. The highest BCUT2D eigenvalue weighted by molar-refractivity contribution is 4.81. The maximum Gasteiger partial charge on any atom is 0.0113 e. The lowest BCUT2D eigenvalue weighted by Gasteiger charge is -2.41. The quantitative estimate of drug-likeness (QED) is 0.763. The molecule has 0 bridgehead atoms. The van der Waals surface area contributed by atoms with E-state index in [1.165, 1.54) is 39.1 Å². The van der Waals surface area contributed by atoms with E-state index in [1.54, 1.807) is 0 Å². The van der Waals surface area contributed by atoms with Crippen LogP contribution in [0.25, 0.3) is 0 Å². The molecule has 1 unspecified atom stereocenters. The molecule has 17 heavy (non-hydrogen) atoms. The summed E-state index contributed by atoms with van der Waals surface area (Å²) in [6, 6.07) is 0.752. The largest absolute Gasteiger partial charge is 0.319 e. The number of rotatable bonds is 6. The van der Waals surface area contributed by atoms with Gasteiger partial charge in [0.05, 0.1) is 0 Å². The summed E-state index contributed by atoms with van der Waals surface area (Å²) in [5.74, 6) is 0. The molecule has 1 atom stereocenters. The van der Waals surface area contributed by atoms with E-state index in [-0.39, 0.29) is 0 Å². The second-order valence-corrected chi connectivity index (χ2v) is 6.26. The zero-order valence-electron chi connectivity index (χ0n) is 12.4. The molecule has 1 fully saturated rings. The molecule has 0 spiro atoms. The molecule has 1 saturated heterocycles. The Bertz CT molecular complexity index is 208. The molecule has 102 valence electrons. The van der Waals surface area contributed by atoms with Gasteiger partial charge in [0.1, 0.15) is 0 Å². The summed E-state index contributed by atoms with van der Waals surface area (Å²) in [6.07, 6.45) is 1.27. The molecular formula is C14H31N3. The molecule has 1 aliphatic heterocycles. The fraction of sp³-hybridized carbons (Fsp3) is 1.00. The van der Waals surface area contributed by atoms with Crippen LogP contribution >= 0.6 is 0 Å². The lowest BCUT2D eigenvalue weighted by Crippen LogP contribution is -2.52. The van der Waals surface area contributed by atoms with Crippen molar-refractivity contribution in [2.24, 2.45) is 5.41 Å². The molecule has 1 N–H and O–H groups in total. The second kappa shape index (κ2) is 6.72. The third-order valence-electron chi connectivity index (χ3n) is 3.93. The number of hydrogen-bond donors (Lipinski definition) is 1. The van der Waals surface area contributed by atoms with Gasteiger partial charge in [-0.2, -0.15) is 0 Å². The van der Waals surface area contributed by atoms with Gasteiger partial charge in [-0.3, -0.25) is 4.90 Å². The summed E-state index contributed by atoms with van der Waals surface area (Å²) in [6.45, 7) is 16.6. The predicted octanol–water partition coefficient (Wildman–Crippen LogP) is 1.65. The van der Waals surface area contributed by atoms with Gasteiger partial charge in [-0.05, 0) is 25.8 Å². The van der Waals surface area contributed by atoms with Crippen LogP contribution in [-0.2, 0) is 0 Å². The lowest BCUT2D eigenvalue weighted by atomic mass is 9.92. The number of piperazine rings is 1. The van der Waals surface area contributed by atoms with Gasteiger partial charge >= 0.3 is 0 Å². The first kappa shape index (κ1) is 14.9. The second-order valence-electron chi connectivity index (χ2n) is 6.26. The minimum atomic E-state index is 0.382. The Hall–Kier alpha value is -0.120. The van der Waals surface area contributed by atoms with Gasteiger partial charge in [0.15, 0.2) is 0 Å². The van der Waals surface area contributed by atoms with E-state index in [4.69, 9.17) is 0 Å². The normalized spacial score (nSPS) is 21.7. The van der Waals surface area contributed by atoms with Crippen LogP contribution in [0.2, 0.25) is 0 Å². The van der Waals surface area contributed by atoms with Gasteiger partial charge in [-0.1, -0.05) is 20.8 Å². The van der Waals surface area contributed by atoms with E-state index in [1.807, 2.05) is 7.05 Å².